The minimum atomic E-state index is -0.670. The van der Waals surface area contributed by atoms with Crippen LogP contribution in [0.15, 0.2) is 48.5 Å². The Morgan fingerprint density at radius 1 is 1.00 bits per heavy atom. The molecule has 2 aromatic carbocycles. The smallest absolute Gasteiger partial charge is 0.302 e. The summed E-state index contributed by atoms with van der Waals surface area (Å²) in [4.78, 5) is 33.3. The number of esters is 2. The highest BCUT2D eigenvalue weighted by atomic mass is 16.6. The van der Waals surface area contributed by atoms with Crippen molar-refractivity contribution in [3.05, 3.63) is 69.8 Å². The summed E-state index contributed by atoms with van der Waals surface area (Å²) in [7, 11) is 0. The van der Waals surface area contributed by atoms with Crippen molar-refractivity contribution >= 4 is 17.6 Å². The Labute approximate surface area is 162 Å². The van der Waals surface area contributed by atoms with Crippen molar-refractivity contribution in [3.8, 4) is 5.75 Å². The molecule has 148 valence electrons. The fraction of sp³-hybridized carbons (Fsp3) is 0.300. The second-order valence-corrected chi connectivity index (χ2v) is 6.05. The molecule has 0 heterocycles. The summed E-state index contributed by atoms with van der Waals surface area (Å²) < 4.78 is 15.6. The van der Waals surface area contributed by atoms with Crippen LogP contribution in [0.2, 0.25) is 0 Å². The summed E-state index contributed by atoms with van der Waals surface area (Å²) in [5, 5.41) is 11.6. The van der Waals surface area contributed by atoms with Crippen LogP contribution in [0, 0.1) is 10.1 Å². The molecular weight excluding hydrogens is 366 g/mol. The third kappa shape index (κ3) is 6.39. The predicted octanol–water partition coefficient (Wildman–Crippen LogP) is 3.38. The maximum Gasteiger partial charge on any atom is 0.302 e. The summed E-state index contributed by atoms with van der Waals surface area (Å²) in [5.74, 6) is -1.40. The molecule has 0 aromatic heterocycles. The molecular formula is C20H21NO7. The van der Waals surface area contributed by atoms with Gasteiger partial charge in [0.25, 0.3) is 5.69 Å². The van der Waals surface area contributed by atoms with Gasteiger partial charge in [0.2, 0.25) is 0 Å². The molecule has 0 fully saturated rings. The molecule has 8 heteroatoms. The molecule has 0 N–H and O–H groups in total. The van der Waals surface area contributed by atoms with E-state index in [0.717, 1.165) is 5.56 Å². The lowest BCUT2D eigenvalue weighted by atomic mass is 9.98. The lowest BCUT2D eigenvalue weighted by molar-refractivity contribution is -0.385. The Bertz CT molecular complexity index is 818. The van der Waals surface area contributed by atoms with Gasteiger partial charge in [0, 0.05) is 19.4 Å². The maximum atomic E-state index is 11.6. The van der Waals surface area contributed by atoms with Gasteiger partial charge in [-0.25, -0.2) is 0 Å². The average molecular weight is 387 g/mol. The molecule has 0 bridgehead atoms. The third-order valence-electron chi connectivity index (χ3n) is 3.86. The molecule has 8 nitrogen and oxygen atoms in total. The number of ether oxygens (including phenoxy) is 3. The van der Waals surface area contributed by atoms with Gasteiger partial charge >= 0.3 is 11.9 Å². The summed E-state index contributed by atoms with van der Waals surface area (Å²) >= 11 is 0. The van der Waals surface area contributed by atoms with Crippen molar-refractivity contribution in [1.29, 1.82) is 0 Å². The number of carbonyl (C=O) groups is 2. The summed E-state index contributed by atoms with van der Waals surface area (Å²) in [6.45, 7) is 2.44. The van der Waals surface area contributed by atoms with Crippen molar-refractivity contribution in [3.63, 3.8) is 0 Å². The van der Waals surface area contributed by atoms with E-state index in [1.807, 2.05) is 30.3 Å². The number of rotatable bonds is 9. The SMILES string of the molecule is CC(=O)OCC(COC(C)=O)c1ccc(OCc2ccccc2)cc1[N+](=O)[O-]. The lowest BCUT2D eigenvalue weighted by Gasteiger charge is -2.17. The first-order valence-electron chi connectivity index (χ1n) is 8.58. The normalized spacial score (nSPS) is 10.4. The second kappa shape index (κ2) is 10.1. The first-order chi connectivity index (χ1) is 13.4. The number of carbonyl (C=O) groups excluding carboxylic acids is 2. The van der Waals surface area contributed by atoms with Crippen LogP contribution in [-0.2, 0) is 25.7 Å². The fourth-order valence-electron chi connectivity index (χ4n) is 2.52. The van der Waals surface area contributed by atoms with E-state index >= 15 is 0 Å². The van der Waals surface area contributed by atoms with Gasteiger partial charge in [-0.15, -0.1) is 0 Å². The molecule has 28 heavy (non-hydrogen) atoms. The number of nitro benzene ring substituents is 1. The van der Waals surface area contributed by atoms with Crippen LogP contribution < -0.4 is 4.74 Å². The predicted molar refractivity (Wildman–Crippen MR) is 99.9 cm³/mol. The largest absolute Gasteiger partial charge is 0.489 e. The number of nitrogens with zero attached hydrogens (tertiary/aromatic N) is 1. The Balaban J connectivity index is 2.23. The van der Waals surface area contributed by atoms with Crippen LogP contribution >= 0.6 is 0 Å². The minimum absolute atomic E-state index is 0.145. The van der Waals surface area contributed by atoms with Crippen molar-refractivity contribution in [2.75, 3.05) is 13.2 Å². The van der Waals surface area contributed by atoms with Gasteiger partial charge < -0.3 is 14.2 Å². The summed E-state index contributed by atoms with van der Waals surface area (Å²) in [5.41, 5.74) is 1.02. The Hall–Kier alpha value is -3.42. The molecule has 0 radical (unpaired) electrons. The molecule has 0 aliphatic rings. The van der Waals surface area contributed by atoms with Crippen molar-refractivity contribution < 1.29 is 28.7 Å². The quantitative estimate of drug-likeness (QED) is 0.369. The van der Waals surface area contributed by atoms with Crippen LogP contribution in [0.5, 0.6) is 5.75 Å². The average Bonchev–Trinajstić information content (AvgIpc) is 2.67. The van der Waals surface area contributed by atoms with Crippen molar-refractivity contribution in [1.82, 2.24) is 0 Å². The van der Waals surface area contributed by atoms with Gasteiger partial charge in [-0.2, -0.15) is 0 Å². The van der Waals surface area contributed by atoms with E-state index in [-0.39, 0.29) is 25.5 Å². The van der Waals surface area contributed by atoms with Gasteiger partial charge in [-0.1, -0.05) is 30.3 Å². The van der Waals surface area contributed by atoms with Crippen LogP contribution in [-0.4, -0.2) is 30.1 Å². The minimum Gasteiger partial charge on any atom is -0.489 e. The molecule has 0 aliphatic carbocycles. The molecule has 0 unspecified atom stereocenters. The lowest BCUT2D eigenvalue weighted by Crippen LogP contribution is -2.19. The number of hydrogen-bond donors (Lipinski definition) is 0. The zero-order chi connectivity index (χ0) is 20.5. The first kappa shape index (κ1) is 20.9. The van der Waals surface area contributed by atoms with Gasteiger partial charge in [0.05, 0.1) is 16.9 Å². The fourth-order valence-corrected chi connectivity index (χ4v) is 2.52. The zero-order valence-corrected chi connectivity index (χ0v) is 15.6. The van der Waals surface area contributed by atoms with Crippen molar-refractivity contribution in [2.24, 2.45) is 0 Å². The number of nitro groups is 1. The zero-order valence-electron chi connectivity index (χ0n) is 15.6. The molecule has 0 atom stereocenters. The van der Waals surface area contributed by atoms with Crippen LogP contribution in [0.1, 0.15) is 30.9 Å². The van der Waals surface area contributed by atoms with E-state index < -0.39 is 22.8 Å². The highest BCUT2D eigenvalue weighted by Crippen LogP contribution is 2.31. The topological polar surface area (TPSA) is 105 Å². The van der Waals surface area contributed by atoms with Crippen molar-refractivity contribution in [2.45, 2.75) is 26.4 Å². The van der Waals surface area contributed by atoms with E-state index in [9.17, 15) is 19.7 Å². The van der Waals surface area contributed by atoms with Gasteiger partial charge in [-0.3, -0.25) is 19.7 Å². The Morgan fingerprint density at radius 2 is 1.61 bits per heavy atom. The molecule has 0 aliphatic heterocycles. The van der Waals surface area contributed by atoms with Gasteiger partial charge in [-0.05, 0) is 17.7 Å². The Kier molecular flexibility index (Phi) is 7.50. The molecule has 0 amide bonds. The standard InChI is InChI=1S/C20H21NO7/c1-14(22)26-12-17(13-27-15(2)23)19-9-8-18(10-20(19)21(24)25)28-11-16-6-4-3-5-7-16/h3-10,17H,11-13H2,1-2H3. The molecule has 0 spiro atoms. The summed E-state index contributed by atoms with van der Waals surface area (Å²) in [6, 6.07) is 13.8. The highest BCUT2D eigenvalue weighted by Gasteiger charge is 2.25. The number of benzene rings is 2. The van der Waals surface area contributed by atoms with Gasteiger partial charge in [0.1, 0.15) is 25.6 Å². The van der Waals surface area contributed by atoms with E-state index in [2.05, 4.69) is 0 Å². The van der Waals surface area contributed by atoms with E-state index in [1.165, 1.54) is 26.0 Å². The molecule has 0 saturated heterocycles. The third-order valence-corrected chi connectivity index (χ3v) is 3.86. The van der Waals surface area contributed by atoms with E-state index in [4.69, 9.17) is 14.2 Å². The van der Waals surface area contributed by atoms with E-state index in [0.29, 0.717) is 11.3 Å². The first-order valence-corrected chi connectivity index (χ1v) is 8.58. The summed E-state index contributed by atoms with van der Waals surface area (Å²) in [6.07, 6.45) is 0. The maximum absolute atomic E-state index is 11.6. The van der Waals surface area contributed by atoms with Crippen LogP contribution in [0.4, 0.5) is 5.69 Å². The number of hydrogen-bond acceptors (Lipinski definition) is 7. The second-order valence-electron chi connectivity index (χ2n) is 6.05. The monoisotopic (exact) mass is 387 g/mol. The molecule has 2 aromatic rings. The molecule has 2 rings (SSSR count). The van der Waals surface area contributed by atoms with Crippen LogP contribution in [0.3, 0.4) is 0 Å². The van der Waals surface area contributed by atoms with E-state index in [1.54, 1.807) is 6.07 Å². The molecule has 0 saturated carbocycles. The Morgan fingerprint density at radius 3 is 2.14 bits per heavy atom. The van der Waals surface area contributed by atoms with Crippen LogP contribution in [0.25, 0.3) is 0 Å². The highest BCUT2D eigenvalue weighted by molar-refractivity contribution is 5.66. The van der Waals surface area contributed by atoms with Gasteiger partial charge in [0.15, 0.2) is 0 Å².